The lowest BCUT2D eigenvalue weighted by Crippen LogP contribution is -2.41. The summed E-state index contributed by atoms with van der Waals surface area (Å²) in [4.78, 5) is 2.47. The van der Waals surface area contributed by atoms with Gasteiger partial charge in [0.05, 0.1) is 12.6 Å². The Kier molecular flexibility index (Phi) is 7.60. The van der Waals surface area contributed by atoms with Gasteiger partial charge in [-0.25, -0.2) is 0 Å². The Bertz CT molecular complexity index is 1100. The predicted molar refractivity (Wildman–Crippen MR) is 135 cm³/mol. The summed E-state index contributed by atoms with van der Waals surface area (Å²) >= 11 is 6.10. The van der Waals surface area contributed by atoms with Crippen molar-refractivity contribution in [2.24, 2.45) is 0 Å². The number of nitrogens with zero attached hydrogens (tertiary/aromatic N) is 1. The van der Waals surface area contributed by atoms with Gasteiger partial charge in [-0.1, -0.05) is 72.3 Å². The minimum Gasteiger partial charge on any atom is -0.496 e. The van der Waals surface area contributed by atoms with Gasteiger partial charge in [-0.05, 0) is 73.5 Å². The van der Waals surface area contributed by atoms with Crippen LogP contribution in [0.25, 0.3) is 0 Å². The summed E-state index contributed by atoms with van der Waals surface area (Å²) in [6, 6.07) is 26.2. The first-order valence-corrected chi connectivity index (χ1v) is 11.8. The molecule has 170 valence electrons. The molecular formula is C29H30ClNO2. The molecule has 0 spiro atoms. The third-order valence-electron chi connectivity index (χ3n) is 6.41. The number of rotatable bonds is 7. The summed E-state index contributed by atoms with van der Waals surface area (Å²) in [5.41, 5.74) is 3.12. The first-order valence-electron chi connectivity index (χ1n) is 11.4. The number of hydrogen-bond donors (Lipinski definition) is 0. The van der Waals surface area contributed by atoms with Gasteiger partial charge in [-0.15, -0.1) is 0 Å². The highest BCUT2D eigenvalue weighted by molar-refractivity contribution is 6.30. The number of methoxy groups -OCH3 is 1. The van der Waals surface area contributed by atoms with Gasteiger partial charge in [-0.3, -0.25) is 4.90 Å². The minimum atomic E-state index is -0.261. The molecule has 4 heteroatoms. The van der Waals surface area contributed by atoms with Crippen LogP contribution in [-0.4, -0.2) is 30.6 Å². The van der Waals surface area contributed by atoms with E-state index in [-0.39, 0.29) is 11.6 Å². The second-order valence-corrected chi connectivity index (χ2v) is 9.05. The lowest BCUT2D eigenvalue weighted by atomic mass is 9.99. The largest absolute Gasteiger partial charge is 0.496 e. The molecular weight excluding hydrogens is 430 g/mol. The molecule has 3 aromatic carbocycles. The molecule has 1 unspecified atom stereocenters. The standard InChI is InChI=1S/C29H30ClNO2/c1-29(18-8-20-31(29)21-17-23-9-6-7-12-27(23)32-2)19-22-33-28(24-10-4-3-5-11-24)25-13-15-26(30)16-14-25/h3-7,9-16,28H,8,17-18,20-21H2,1-2H3/t28?,29-/m0/s1. The summed E-state index contributed by atoms with van der Waals surface area (Å²) in [6.45, 7) is 4.20. The maximum absolute atomic E-state index is 6.18. The number of ether oxygens (including phenoxy) is 2. The molecule has 0 amide bonds. The number of benzene rings is 3. The zero-order chi connectivity index (χ0) is 23.1. The molecule has 33 heavy (non-hydrogen) atoms. The Morgan fingerprint density at radius 3 is 2.42 bits per heavy atom. The third kappa shape index (κ3) is 5.71. The van der Waals surface area contributed by atoms with Gasteiger partial charge in [-0.2, -0.15) is 0 Å². The summed E-state index contributed by atoms with van der Waals surface area (Å²) in [5, 5.41) is 0.709. The molecule has 3 aromatic rings. The van der Waals surface area contributed by atoms with E-state index in [1.807, 2.05) is 54.6 Å². The number of hydrogen-bond acceptors (Lipinski definition) is 3. The Labute approximate surface area is 202 Å². The molecule has 4 rings (SSSR count). The quantitative estimate of drug-likeness (QED) is 0.376. The predicted octanol–water partition coefficient (Wildman–Crippen LogP) is 6.51. The van der Waals surface area contributed by atoms with Gasteiger partial charge >= 0.3 is 0 Å². The van der Waals surface area contributed by atoms with E-state index in [9.17, 15) is 0 Å². The Morgan fingerprint density at radius 2 is 1.67 bits per heavy atom. The van der Waals surface area contributed by atoms with Crippen molar-refractivity contribution in [1.82, 2.24) is 4.90 Å². The van der Waals surface area contributed by atoms with Crippen LogP contribution < -0.4 is 4.74 Å². The maximum Gasteiger partial charge on any atom is 0.161 e. The Balaban J connectivity index is 1.49. The first kappa shape index (κ1) is 23.2. The summed E-state index contributed by atoms with van der Waals surface area (Å²) in [6.07, 6.45) is 5.92. The van der Waals surface area contributed by atoms with Crippen LogP contribution in [-0.2, 0) is 11.2 Å². The van der Waals surface area contributed by atoms with Crippen LogP contribution in [0, 0.1) is 12.0 Å². The van der Waals surface area contributed by atoms with E-state index in [0.29, 0.717) is 5.02 Å². The summed E-state index contributed by atoms with van der Waals surface area (Å²) < 4.78 is 11.7. The van der Waals surface area contributed by atoms with Crippen molar-refractivity contribution in [2.45, 2.75) is 37.8 Å². The van der Waals surface area contributed by atoms with E-state index in [2.05, 4.69) is 48.1 Å². The zero-order valence-corrected chi connectivity index (χ0v) is 20.0. The van der Waals surface area contributed by atoms with E-state index in [1.54, 1.807) is 7.11 Å². The van der Waals surface area contributed by atoms with E-state index in [0.717, 1.165) is 49.2 Å². The van der Waals surface area contributed by atoms with Crippen LogP contribution in [0.5, 0.6) is 5.75 Å². The smallest absolute Gasteiger partial charge is 0.161 e. The number of halogens is 1. The molecule has 2 atom stereocenters. The minimum absolute atomic E-state index is 0.205. The molecule has 0 radical (unpaired) electrons. The topological polar surface area (TPSA) is 21.7 Å². The maximum atomic E-state index is 6.18. The van der Waals surface area contributed by atoms with Crippen LogP contribution in [0.1, 0.15) is 42.6 Å². The van der Waals surface area contributed by atoms with Crippen LogP contribution in [0.3, 0.4) is 0 Å². The van der Waals surface area contributed by atoms with Crippen molar-refractivity contribution < 1.29 is 9.47 Å². The van der Waals surface area contributed by atoms with E-state index in [1.165, 1.54) is 5.56 Å². The van der Waals surface area contributed by atoms with E-state index in [4.69, 9.17) is 21.1 Å². The average Bonchev–Trinajstić information content (AvgIpc) is 3.22. The molecule has 0 saturated carbocycles. The average molecular weight is 460 g/mol. The Morgan fingerprint density at radius 1 is 0.970 bits per heavy atom. The highest BCUT2D eigenvalue weighted by Crippen LogP contribution is 2.30. The molecule has 3 nitrogen and oxygen atoms in total. The van der Waals surface area contributed by atoms with Crippen LogP contribution in [0.15, 0.2) is 78.9 Å². The molecule has 1 saturated heterocycles. The van der Waals surface area contributed by atoms with Crippen molar-refractivity contribution >= 4 is 11.6 Å². The van der Waals surface area contributed by atoms with Crippen LogP contribution in [0.2, 0.25) is 5.02 Å². The van der Waals surface area contributed by atoms with Crippen molar-refractivity contribution in [3.05, 3.63) is 101 Å². The van der Waals surface area contributed by atoms with Crippen molar-refractivity contribution in [3.63, 3.8) is 0 Å². The monoisotopic (exact) mass is 459 g/mol. The van der Waals surface area contributed by atoms with Crippen molar-refractivity contribution in [3.8, 4) is 17.8 Å². The zero-order valence-electron chi connectivity index (χ0n) is 19.3. The fourth-order valence-corrected chi connectivity index (χ4v) is 4.60. The molecule has 1 heterocycles. The summed E-state index contributed by atoms with van der Waals surface area (Å²) in [7, 11) is 1.73. The number of likely N-dealkylation sites (tertiary alicyclic amines) is 1. The highest BCUT2D eigenvalue weighted by Gasteiger charge is 2.35. The van der Waals surface area contributed by atoms with E-state index >= 15 is 0 Å². The third-order valence-corrected chi connectivity index (χ3v) is 6.66. The molecule has 1 aliphatic rings. The lowest BCUT2D eigenvalue weighted by Gasteiger charge is -2.30. The fourth-order valence-electron chi connectivity index (χ4n) is 4.48. The molecule has 0 aliphatic carbocycles. The second-order valence-electron chi connectivity index (χ2n) is 8.61. The molecule has 0 bridgehead atoms. The van der Waals surface area contributed by atoms with E-state index < -0.39 is 0 Å². The first-order chi connectivity index (χ1) is 16.1. The van der Waals surface area contributed by atoms with Gasteiger partial charge < -0.3 is 9.47 Å². The fraction of sp³-hybridized carbons (Fsp3) is 0.310. The molecule has 1 fully saturated rings. The van der Waals surface area contributed by atoms with Gasteiger partial charge in [0.1, 0.15) is 11.9 Å². The van der Waals surface area contributed by atoms with Crippen molar-refractivity contribution in [2.75, 3.05) is 20.2 Å². The second kappa shape index (κ2) is 10.8. The lowest BCUT2D eigenvalue weighted by molar-refractivity contribution is 0.194. The SMILES string of the molecule is COc1ccccc1CCN1CCC[C@@]1(C)C#COC(c1ccccc1)c1ccc(Cl)cc1. The van der Waals surface area contributed by atoms with Gasteiger partial charge in [0.2, 0.25) is 0 Å². The van der Waals surface area contributed by atoms with Gasteiger partial charge in [0.15, 0.2) is 6.10 Å². The van der Waals surface area contributed by atoms with Crippen LogP contribution in [0.4, 0.5) is 0 Å². The highest BCUT2D eigenvalue weighted by atomic mass is 35.5. The van der Waals surface area contributed by atoms with Gasteiger partial charge in [0, 0.05) is 11.6 Å². The molecule has 0 aromatic heterocycles. The number of para-hydroxylation sites is 1. The van der Waals surface area contributed by atoms with Crippen LogP contribution >= 0.6 is 11.6 Å². The normalized spacial score (nSPS) is 18.9. The molecule has 0 N–H and O–H groups in total. The Hall–Kier alpha value is -2.93. The summed E-state index contributed by atoms with van der Waals surface area (Å²) in [5.74, 6) is 4.40. The van der Waals surface area contributed by atoms with Crippen molar-refractivity contribution in [1.29, 1.82) is 0 Å². The van der Waals surface area contributed by atoms with Gasteiger partial charge in [0.25, 0.3) is 0 Å². The molecule has 1 aliphatic heterocycles.